The van der Waals surface area contributed by atoms with Crippen LogP contribution in [0.3, 0.4) is 0 Å². The number of nitrogens with zero attached hydrogens (tertiary/aromatic N) is 1. The molecule has 1 N–H and O–H groups in total. The molecule has 2 nitrogen and oxygen atoms in total. The first-order valence-electron chi connectivity index (χ1n) is 3.65. The number of aliphatic hydroxyl groups excluding tert-OH is 1. The summed E-state index contributed by atoms with van der Waals surface area (Å²) in [5.74, 6) is 0.801. The van der Waals surface area contributed by atoms with Crippen molar-refractivity contribution in [1.82, 2.24) is 4.90 Å². The molecule has 3 atom stereocenters. The Kier molecular flexibility index (Phi) is 1.08. The second-order valence-corrected chi connectivity index (χ2v) is 3.41. The summed E-state index contributed by atoms with van der Waals surface area (Å²) in [6.07, 6.45) is 2.26. The monoisotopic (exact) mass is 127 g/mol. The second-order valence-electron chi connectivity index (χ2n) is 3.41. The van der Waals surface area contributed by atoms with Crippen LogP contribution in [-0.4, -0.2) is 35.7 Å². The molecule has 0 aromatic carbocycles. The molecule has 2 fully saturated rings. The van der Waals surface area contributed by atoms with Crippen LogP contribution in [0.5, 0.6) is 0 Å². The van der Waals surface area contributed by atoms with Crippen LogP contribution in [0.25, 0.3) is 0 Å². The Morgan fingerprint density at radius 3 is 2.56 bits per heavy atom. The number of hydrogen-bond donors (Lipinski definition) is 1. The third kappa shape index (κ3) is 0.700. The van der Waals surface area contributed by atoms with Crippen molar-refractivity contribution < 1.29 is 5.11 Å². The Morgan fingerprint density at radius 1 is 1.44 bits per heavy atom. The number of aliphatic hydroxyl groups is 1. The summed E-state index contributed by atoms with van der Waals surface area (Å²) in [6, 6.07) is 0.495. The molecule has 1 aliphatic carbocycles. The number of rotatable bonds is 0. The molecule has 9 heavy (non-hydrogen) atoms. The van der Waals surface area contributed by atoms with Crippen molar-refractivity contribution in [2.24, 2.45) is 5.92 Å². The number of likely N-dealkylation sites (tertiary alicyclic amines) is 1. The summed E-state index contributed by atoms with van der Waals surface area (Å²) in [6.45, 7) is 1.21. The van der Waals surface area contributed by atoms with Gasteiger partial charge in [0.2, 0.25) is 0 Å². The van der Waals surface area contributed by atoms with E-state index in [2.05, 4.69) is 11.9 Å². The van der Waals surface area contributed by atoms with Gasteiger partial charge < -0.3 is 10.0 Å². The van der Waals surface area contributed by atoms with Crippen molar-refractivity contribution >= 4 is 0 Å². The SMILES string of the molecule is CN1C[C@H]2C[C@@H]1[C@@H](O)C2. The largest absolute Gasteiger partial charge is 0.391 e. The minimum absolute atomic E-state index is 0.0197. The predicted molar refractivity (Wildman–Crippen MR) is 35.1 cm³/mol. The van der Waals surface area contributed by atoms with E-state index in [1.807, 2.05) is 0 Å². The quantitative estimate of drug-likeness (QED) is 0.498. The molecular weight excluding hydrogens is 114 g/mol. The van der Waals surface area contributed by atoms with E-state index in [1.54, 1.807) is 0 Å². The average Bonchev–Trinajstić information content (AvgIpc) is 2.22. The van der Waals surface area contributed by atoms with Crippen LogP contribution in [-0.2, 0) is 0 Å². The van der Waals surface area contributed by atoms with Crippen LogP contribution in [0.2, 0.25) is 0 Å². The summed E-state index contributed by atoms with van der Waals surface area (Å²) in [5.41, 5.74) is 0. The highest BCUT2D eigenvalue weighted by Gasteiger charge is 2.41. The standard InChI is InChI=1S/C7H13NO/c1-8-4-5-2-6(8)7(9)3-5/h5-7,9H,2-4H2,1H3/t5-,6+,7-/m0/s1. The van der Waals surface area contributed by atoms with Crippen LogP contribution >= 0.6 is 0 Å². The Balaban J connectivity index is 2.13. The third-order valence-corrected chi connectivity index (χ3v) is 2.71. The lowest BCUT2D eigenvalue weighted by molar-refractivity contribution is 0.0714. The topological polar surface area (TPSA) is 23.5 Å². The lowest BCUT2D eigenvalue weighted by Gasteiger charge is -2.25. The van der Waals surface area contributed by atoms with Gasteiger partial charge in [-0.2, -0.15) is 0 Å². The van der Waals surface area contributed by atoms with Gasteiger partial charge in [0.25, 0.3) is 0 Å². The fraction of sp³-hybridized carbons (Fsp3) is 1.00. The van der Waals surface area contributed by atoms with Gasteiger partial charge >= 0.3 is 0 Å². The van der Waals surface area contributed by atoms with Crippen LogP contribution in [0.4, 0.5) is 0 Å². The summed E-state index contributed by atoms with van der Waals surface area (Å²) < 4.78 is 0. The van der Waals surface area contributed by atoms with Crippen molar-refractivity contribution in [2.45, 2.75) is 25.0 Å². The van der Waals surface area contributed by atoms with Crippen molar-refractivity contribution in [3.05, 3.63) is 0 Å². The molecule has 1 saturated carbocycles. The van der Waals surface area contributed by atoms with Crippen molar-refractivity contribution in [3.8, 4) is 0 Å². The van der Waals surface area contributed by atoms with Crippen LogP contribution in [0.1, 0.15) is 12.8 Å². The van der Waals surface area contributed by atoms with Gasteiger partial charge in [0.1, 0.15) is 0 Å². The van der Waals surface area contributed by atoms with Gasteiger partial charge in [0.05, 0.1) is 6.10 Å². The normalized spacial score (nSPS) is 50.7. The zero-order chi connectivity index (χ0) is 6.43. The third-order valence-electron chi connectivity index (χ3n) is 2.71. The molecule has 0 spiro atoms. The van der Waals surface area contributed by atoms with Gasteiger partial charge in [-0.1, -0.05) is 0 Å². The fourth-order valence-electron chi connectivity index (χ4n) is 2.26. The summed E-state index contributed by atoms with van der Waals surface area (Å²) in [7, 11) is 2.10. The molecule has 0 aromatic heterocycles. The minimum Gasteiger partial charge on any atom is -0.391 e. The molecule has 0 radical (unpaired) electrons. The minimum atomic E-state index is -0.0197. The lowest BCUT2D eigenvalue weighted by Crippen LogP contribution is -2.37. The molecule has 2 rings (SSSR count). The Labute approximate surface area is 55.5 Å². The molecule has 2 aliphatic rings. The maximum absolute atomic E-state index is 9.35. The molecule has 0 unspecified atom stereocenters. The Hall–Kier alpha value is -0.0800. The smallest absolute Gasteiger partial charge is 0.0698 e. The molecule has 52 valence electrons. The Bertz CT molecular complexity index is 114. The van der Waals surface area contributed by atoms with Crippen LogP contribution in [0, 0.1) is 5.92 Å². The summed E-state index contributed by atoms with van der Waals surface area (Å²) in [5, 5.41) is 9.35. The van der Waals surface area contributed by atoms with E-state index in [0.29, 0.717) is 6.04 Å². The van der Waals surface area contributed by atoms with Gasteiger partial charge in [-0.25, -0.2) is 0 Å². The second kappa shape index (κ2) is 1.70. The highest BCUT2D eigenvalue weighted by atomic mass is 16.3. The molecule has 0 aromatic rings. The first-order valence-corrected chi connectivity index (χ1v) is 3.65. The first-order chi connectivity index (χ1) is 4.27. The van der Waals surface area contributed by atoms with Crippen molar-refractivity contribution in [2.75, 3.05) is 13.6 Å². The van der Waals surface area contributed by atoms with Gasteiger partial charge in [-0.15, -0.1) is 0 Å². The van der Waals surface area contributed by atoms with E-state index in [0.717, 1.165) is 12.3 Å². The van der Waals surface area contributed by atoms with Gasteiger partial charge in [-0.3, -0.25) is 0 Å². The number of fused-ring (bicyclic) bond motifs is 2. The van der Waals surface area contributed by atoms with E-state index in [-0.39, 0.29) is 6.10 Å². The zero-order valence-electron chi connectivity index (χ0n) is 5.75. The van der Waals surface area contributed by atoms with E-state index < -0.39 is 0 Å². The van der Waals surface area contributed by atoms with Gasteiger partial charge in [0.15, 0.2) is 0 Å². The van der Waals surface area contributed by atoms with Crippen molar-refractivity contribution in [1.29, 1.82) is 0 Å². The van der Waals surface area contributed by atoms with E-state index in [9.17, 15) is 5.11 Å². The summed E-state index contributed by atoms with van der Waals surface area (Å²) in [4.78, 5) is 2.28. The van der Waals surface area contributed by atoms with E-state index in [1.165, 1.54) is 13.0 Å². The average molecular weight is 127 g/mol. The lowest BCUT2D eigenvalue weighted by atomic mass is 10.1. The molecule has 2 bridgehead atoms. The molecule has 2 heteroatoms. The first kappa shape index (κ1) is 5.69. The predicted octanol–water partition coefficient (Wildman–Crippen LogP) is 0.0713. The molecule has 1 aliphatic heterocycles. The Morgan fingerprint density at radius 2 is 2.22 bits per heavy atom. The fourth-order valence-corrected chi connectivity index (χ4v) is 2.26. The summed E-state index contributed by atoms with van der Waals surface area (Å²) >= 11 is 0. The highest BCUT2D eigenvalue weighted by molar-refractivity contribution is 4.96. The van der Waals surface area contributed by atoms with Crippen LogP contribution < -0.4 is 0 Å². The van der Waals surface area contributed by atoms with E-state index >= 15 is 0 Å². The molecule has 1 saturated heterocycles. The van der Waals surface area contributed by atoms with E-state index in [4.69, 9.17) is 0 Å². The van der Waals surface area contributed by atoms with Crippen molar-refractivity contribution in [3.63, 3.8) is 0 Å². The maximum Gasteiger partial charge on any atom is 0.0698 e. The molecule has 0 amide bonds. The molecule has 1 heterocycles. The number of likely N-dealkylation sites (N-methyl/N-ethyl adjacent to an activating group) is 1. The highest BCUT2D eigenvalue weighted by Crippen LogP contribution is 2.36. The number of hydrogen-bond acceptors (Lipinski definition) is 2. The van der Waals surface area contributed by atoms with Gasteiger partial charge in [0, 0.05) is 12.6 Å². The molecular formula is C7H13NO. The maximum atomic E-state index is 9.35. The van der Waals surface area contributed by atoms with Crippen LogP contribution in [0.15, 0.2) is 0 Å². The van der Waals surface area contributed by atoms with Gasteiger partial charge in [-0.05, 0) is 25.8 Å². The zero-order valence-corrected chi connectivity index (χ0v) is 5.75. The number of piperidine rings is 1.